The standard InChI is InChI=1S/C25H24N6O5/c1-35-19-12-9-15(13-20(19)36-2)21(28-16-10-7-14(8-11-16)22(26)27)23-29-25(34)31(30-23)18-6-4-3-5-17(18)24(32)33/h3-13,21,28H,1-2H3,(H3,26,27)(H,32,33)(H,29,30,34). The van der Waals surface area contributed by atoms with E-state index in [4.69, 9.17) is 20.6 Å². The van der Waals surface area contributed by atoms with Crippen molar-refractivity contribution in [1.82, 2.24) is 14.8 Å². The van der Waals surface area contributed by atoms with E-state index in [1.807, 2.05) is 0 Å². The first-order valence-electron chi connectivity index (χ1n) is 10.8. The van der Waals surface area contributed by atoms with Crippen LogP contribution in [0.25, 0.3) is 5.69 Å². The molecule has 3 aromatic carbocycles. The molecular formula is C25H24N6O5. The highest BCUT2D eigenvalue weighted by Gasteiger charge is 2.23. The number of carboxylic acids is 1. The quantitative estimate of drug-likeness (QED) is 0.177. The van der Waals surface area contributed by atoms with Gasteiger partial charge in [0.15, 0.2) is 17.3 Å². The van der Waals surface area contributed by atoms with E-state index >= 15 is 0 Å². The summed E-state index contributed by atoms with van der Waals surface area (Å²) >= 11 is 0. The first-order chi connectivity index (χ1) is 17.3. The zero-order valence-electron chi connectivity index (χ0n) is 19.5. The summed E-state index contributed by atoms with van der Waals surface area (Å²) in [6, 6.07) is 17.6. The van der Waals surface area contributed by atoms with Crippen LogP contribution in [0.1, 0.15) is 33.4 Å². The number of methoxy groups -OCH3 is 2. The van der Waals surface area contributed by atoms with E-state index in [9.17, 15) is 14.7 Å². The molecule has 0 aliphatic heterocycles. The van der Waals surface area contributed by atoms with Crippen LogP contribution in [0, 0.1) is 5.41 Å². The first kappa shape index (κ1) is 24.1. The fourth-order valence-electron chi connectivity index (χ4n) is 3.73. The Balaban J connectivity index is 1.82. The number of hydrogen-bond acceptors (Lipinski definition) is 7. The number of rotatable bonds is 9. The number of nitrogens with two attached hydrogens (primary N) is 1. The van der Waals surface area contributed by atoms with Gasteiger partial charge in [-0.05, 0) is 54.1 Å². The SMILES string of the molecule is COc1ccc(C(Nc2ccc(C(=N)N)cc2)c2nn(-c3ccccc3C(=O)O)c(=O)[nH]2)cc1OC. The molecule has 0 bridgehead atoms. The smallest absolute Gasteiger partial charge is 0.348 e. The summed E-state index contributed by atoms with van der Waals surface area (Å²) in [6.45, 7) is 0. The Morgan fingerprint density at radius 3 is 2.42 bits per heavy atom. The van der Waals surface area contributed by atoms with E-state index in [1.54, 1.807) is 54.6 Å². The van der Waals surface area contributed by atoms with Crippen molar-refractivity contribution in [3.8, 4) is 17.2 Å². The highest BCUT2D eigenvalue weighted by Crippen LogP contribution is 2.33. The van der Waals surface area contributed by atoms with Gasteiger partial charge >= 0.3 is 11.7 Å². The number of para-hydroxylation sites is 1. The van der Waals surface area contributed by atoms with Crippen LogP contribution in [0.5, 0.6) is 11.5 Å². The summed E-state index contributed by atoms with van der Waals surface area (Å²) < 4.78 is 11.8. The summed E-state index contributed by atoms with van der Waals surface area (Å²) in [5.74, 6) is 0.00958. The summed E-state index contributed by atoms with van der Waals surface area (Å²) in [4.78, 5) is 27.3. The number of nitrogens with one attached hydrogen (secondary N) is 3. The Morgan fingerprint density at radius 1 is 1.08 bits per heavy atom. The number of nitrogens with zero attached hydrogens (tertiary/aromatic N) is 2. The van der Waals surface area contributed by atoms with Gasteiger partial charge in [-0.3, -0.25) is 10.4 Å². The van der Waals surface area contributed by atoms with Gasteiger partial charge in [0.25, 0.3) is 0 Å². The number of aromatic amines is 1. The lowest BCUT2D eigenvalue weighted by atomic mass is 10.0. The van der Waals surface area contributed by atoms with Crippen molar-refractivity contribution in [2.75, 3.05) is 19.5 Å². The third-order valence-corrected chi connectivity index (χ3v) is 5.52. The number of ether oxygens (including phenoxy) is 2. The molecule has 0 amide bonds. The van der Waals surface area contributed by atoms with Crippen LogP contribution in [0.15, 0.2) is 71.5 Å². The molecule has 0 aliphatic rings. The number of amidine groups is 1. The Labute approximate surface area is 205 Å². The largest absolute Gasteiger partial charge is 0.493 e. The molecule has 1 atom stereocenters. The molecule has 1 unspecified atom stereocenters. The average Bonchev–Trinajstić information content (AvgIpc) is 3.27. The van der Waals surface area contributed by atoms with Crippen molar-refractivity contribution in [3.63, 3.8) is 0 Å². The molecule has 36 heavy (non-hydrogen) atoms. The van der Waals surface area contributed by atoms with Gasteiger partial charge in [0.2, 0.25) is 0 Å². The molecule has 184 valence electrons. The number of benzene rings is 3. The predicted octanol–water partition coefficient (Wildman–Crippen LogP) is 2.76. The molecule has 1 aromatic heterocycles. The predicted molar refractivity (Wildman–Crippen MR) is 134 cm³/mol. The minimum absolute atomic E-state index is 0.0573. The van der Waals surface area contributed by atoms with Crippen LogP contribution in [-0.4, -0.2) is 45.9 Å². The fourth-order valence-corrected chi connectivity index (χ4v) is 3.73. The zero-order chi connectivity index (χ0) is 25.8. The van der Waals surface area contributed by atoms with Crippen LogP contribution in [0.2, 0.25) is 0 Å². The summed E-state index contributed by atoms with van der Waals surface area (Å²) in [5, 5.41) is 24.9. The maximum atomic E-state index is 12.9. The van der Waals surface area contributed by atoms with Gasteiger partial charge in [-0.15, -0.1) is 5.10 Å². The minimum atomic E-state index is -1.18. The molecule has 0 aliphatic carbocycles. The van der Waals surface area contributed by atoms with Crippen LogP contribution in [0.4, 0.5) is 5.69 Å². The molecule has 0 fully saturated rings. The number of aromatic carboxylic acids is 1. The lowest BCUT2D eigenvalue weighted by Crippen LogP contribution is -2.18. The molecular weight excluding hydrogens is 464 g/mol. The van der Waals surface area contributed by atoms with E-state index in [2.05, 4.69) is 15.4 Å². The molecule has 0 spiro atoms. The fraction of sp³-hybridized carbons (Fsp3) is 0.120. The summed E-state index contributed by atoms with van der Waals surface area (Å²) in [6.07, 6.45) is 0. The molecule has 0 radical (unpaired) electrons. The van der Waals surface area contributed by atoms with Gasteiger partial charge in [0, 0.05) is 11.3 Å². The molecule has 6 N–H and O–H groups in total. The number of H-pyrrole nitrogens is 1. The second-order valence-corrected chi connectivity index (χ2v) is 7.73. The number of hydrogen-bond donors (Lipinski definition) is 5. The van der Waals surface area contributed by atoms with E-state index in [0.29, 0.717) is 28.3 Å². The van der Waals surface area contributed by atoms with Gasteiger partial charge < -0.3 is 25.6 Å². The van der Waals surface area contributed by atoms with Crippen LogP contribution >= 0.6 is 0 Å². The Bertz CT molecular complexity index is 1480. The van der Waals surface area contributed by atoms with E-state index < -0.39 is 17.7 Å². The van der Waals surface area contributed by atoms with Crippen LogP contribution < -0.4 is 26.2 Å². The van der Waals surface area contributed by atoms with Crippen molar-refractivity contribution in [3.05, 3.63) is 99.7 Å². The van der Waals surface area contributed by atoms with E-state index in [1.165, 1.54) is 26.4 Å². The third kappa shape index (κ3) is 4.75. The molecule has 11 heteroatoms. The topological polar surface area (TPSA) is 168 Å². The third-order valence-electron chi connectivity index (χ3n) is 5.52. The normalized spacial score (nSPS) is 11.5. The molecule has 4 aromatic rings. The summed E-state index contributed by atoms with van der Waals surface area (Å²) in [5.41, 5.74) is 6.95. The average molecular weight is 489 g/mol. The second kappa shape index (κ2) is 10.1. The maximum absolute atomic E-state index is 12.9. The molecule has 0 saturated heterocycles. The van der Waals surface area contributed by atoms with Gasteiger partial charge in [-0.25, -0.2) is 9.59 Å². The highest BCUT2D eigenvalue weighted by molar-refractivity contribution is 5.95. The maximum Gasteiger partial charge on any atom is 0.348 e. The van der Waals surface area contributed by atoms with Gasteiger partial charge in [-0.2, -0.15) is 4.68 Å². The zero-order valence-corrected chi connectivity index (χ0v) is 19.5. The minimum Gasteiger partial charge on any atom is -0.493 e. The van der Waals surface area contributed by atoms with Gasteiger partial charge in [0.1, 0.15) is 11.9 Å². The van der Waals surface area contributed by atoms with E-state index in [0.717, 1.165) is 4.68 Å². The molecule has 1 heterocycles. The Morgan fingerprint density at radius 2 is 1.78 bits per heavy atom. The monoisotopic (exact) mass is 488 g/mol. The first-order valence-corrected chi connectivity index (χ1v) is 10.8. The second-order valence-electron chi connectivity index (χ2n) is 7.73. The van der Waals surface area contributed by atoms with Crippen molar-refractivity contribution in [2.45, 2.75) is 6.04 Å². The van der Waals surface area contributed by atoms with Crippen LogP contribution in [0.3, 0.4) is 0 Å². The van der Waals surface area contributed by atoms with Crippen molar-refractivity contribution in [2.24, 2.45) is 5.73 Å². The van der Waals surface area contributed by atoms with Crippen molar-refractivity contribution >= 4 is 17.5 Å². The van der Waals surface area contributed by atoms with Crippen molar-refractivity contribution < 1.29 is 19.4 Å². The lowest BCUT2D eigenvalue weighted by molar-refractivity contribution is 0.0696. The number of nitrogen functional groups attached to an aromatic ring is 1. The Hall–Kier alpha value is -5.06. The number of carboxylic acid groups (broad SMARTS) is 1. The number of aromatic nitrogens is 3. The number of anilines is 1. The van der Waals surface area contributed by atoms with Gasteiger partial charge in [0.05, 0.1) is 25.5 Å². The number of carbonyl (C=O) groups is 1. The molecule has 11 nitrogen and oxygen atoms in total. The van der Waals surface area contributed by atoms with E-state index in [-0.39, 0.29) is 22.9 Å². The lowest BCUT2D eigenvalue weighted by Gasteiger charge is -2.20. The van der Waals surface area contributed by atoms with Crippen molar-refractivity contribution in [1.29, 1.82) is 5.41 Å². The van der Waals surface area contributed by atoms with Gasteiger partial charge in [-0.1, -0.05) is 18.2 Å². The highest BCUT2D eigenvalue weighted by atomic mass is 16.5. The molecule has 4 rings (SSSR count). The Kier molecular flexibility index (Phi) is 6.72. The molecule has 0 saturated carbocycles. The summed E-state index contributed by atoms with van der Waals surface area (Å²) in [7, 11) is 3.05. The van der Waals surface area contributed by atoms with Crippen LogP contribution in [-0.2, 0) is 0 Å².